The SMILES string of the molecule is CC(=O)c1ccc(Cl)c(F)c1C1=CC(=O)N([C@H]2CCCC(C)C(=O)Nc3ccccc3-c3ccnc2c3)CC1. The van der Waals surface area contributed by atoms with Crippen molar-refractivity contribution in [3.05, 3.63) is 88.5 Å². The van der Waals surface area contributed by atoms with Gasteiger partial charge in [0.2, 0.25) is 11.8 Å². The smallest absolute Gasteiger partial charge is 0.247 e. The van der Waals surface area contributed by atoms with Crippen molar-refractivity contribution in [1.82, 2.24) is 9.88 Å². The van der Waals surface area contributed by atoms with Crippen molar-refractivity contribution in [2.24, 2.45) is 5.92 Å². The molecule has 39 heavy (non-hydrogen) atoms. The van der Waals surface area contributed by atoms with E-state index in [4.69, 9.17) is 11.6 Å². The predicted molar refractivity (Wildman–Crippen MR) is 150 cm³/mol. The summed E-state index contributed by atoms with van der Waals surface area (Å²) < 4.78 is 15.1. The van der Waals surface area contributed by atoms with Crippen molar-refractivity contribution in [2.45, 2.75) is 45.6 Å². The van der Waals surface area contributed by atoms with Crippen LogP contribution < -0.4 is 5.32 Å². The number of para-hydroxylation sites is 1. The zero-order valence-electron chi connectivity index (χ0n) is 21.8. The molecular weight excluding hydrogens is 517 g/mol. The van der Waals surface area contributed by atoms with Crippen LogP contribution in [0.3, 0.4) is 0 Å². The van der Waals surface area contributed by atoms with E-state index in [-0.39, 0.29) is 45.7 Å². The minimum atomic E-state index is -0.692. The number of nitrogens with one attached hydrogen (secondary N) is 1. The van der Waals surface area contributed by atoms with Gasteiger partial charge in [0.1, 0.15) is 5.82 Å². The third-order valence-electron chi connectivity index (χ3n) is 7.56. The number of halogens is 2. The molecular formula is C31H29ClFN3O3. The molecule has 200 valence electrons. The molecule has 2 aliphatic rings. The van der Waals surface area contributed by atoms with Crippen molar-refractivity contribution in [3.8, 4) is 11.1 Å². The maximum atomic E-state index is 15.1. The Morgan fingerprint density at radius 1 is 1.13 bits per heavy atom. The van der Waals surface area contributed by atoms with Gasteiger partial charge in [-0.05, 0) is 67.7 Å². The highest BCUT2D eigenvalue weighted by Gasteiger charge is 2.31. The van der Waals surface area contributed by atoms with Crippen molar-refractivity contribution in [1.29, 1.82) is 0 Å². The Morgan fingerprint density at radius 2 is 1.92 bits per heavy atom. The molecule has 0 spiro atoms. The first-order chi connectivity index (χ1) is 18.7. The number of Topliss-reactive ketones (excluding diaryl/α,β-unsaturated/α-hetero) is 1. The fraction of sp³-hybridized carbons (Fsp3) is 0.290. The molecule has 0 radical (unpaired) electrons. The molecule has 2 aromatic carbocycles. The van der Waals surface area contributed by atoms with E-state index in [0.717, 1.165) is 22.5 Å². The van der Waals surface area contributed by atoms with Gasteiger partial charge in [0, 0.05) is 47.1 Å². The molecule has 0 fully saturated rings. The van der Waals surface area contributed by atoms with Crippen molar-refractivity contribution in [2.75, 3.05) is 11.9 Å². The van der Waals surface area contributed by atoms with Gasteiger partial charge in [0.05, 0.1) is 16.8 Å². The Morgan fingerprint density at radius 3 is 2.69 bits per heavy atom. The third-order valence-corrected chi connectivity index (χ3v) is 7.85. The quantitative estimate of drug-likeness (QED) is 0.365. The monoisotopic (exact) mass is 545 g/mol. The second-order valence-electron chi connectivity index (χ2n) is 10.1. The van der Waals surface area contributed by atoms with Crippen LogP contribution in [0, 0.1) is 11.7 Å². The molecule has 2 amide bonds. The van der Waals surface area contributed by atoms with Crippen molar-refractivity contribution in [3.63, 3.8) is 0 Å². The molecule has 2 bridgehead atoms. The molecule has 1 aromatic heterocycles. The van der Waals surface area contributed by atoms with Gasteiger partial charge in [0.25, 0.3) is 0 Å². The average molecular weight is 546 g/mol. The molecule has 3 aromatic rings. The second kappa shape index (κ2) is 11.1. The van der Waals surface area contributed by atoms with Crippen LogP contribution in [0.1, 0.15) is 67.2 Å². The normalized spacial score (nSPS) is 19.8. The Hall–Kier alpha value is -3.84. The highest BCUT2D eigenvalue weighted by atomic mass is 35.5. The standard InChI is InChI=1S/C31H29ClFN3O3/c1-18-6-5-9-27(26-16-20(12-14-34-26)23-7-3-4-8-25(23)35-31(18)39)36-15-13-21(17-28(36)38)29-22(19(2)37)10-11-24(32)30(29)33/h3-4,7-8,10-12,14,16-18,27H,5-6,9,13,15H2,1-2H3,(H,35,39)/t18?,27-/m0/s1. The Kier molecular flexibility index (Phi) is 7.62. The van der Waals surface area contributed by atoms with Gasteiger partial charge in [0.15, 0.2) is 5.78 Å². The van der Waals surface area contributed by atoms with Crippen LogP contribution in [0.5, 0.6) is 0 Å². The fourth-order valence-corrected chi connectivity index (χ4v) is 5.59. The van der Waals surface area contributed by atoms with Gasteiger partial charge in [-0.15, -0.1) is 0 Å². The lowest BCUT2D eigenvalue weighted by atomic mass is 9.90. The number of ketones is 1. The van der Waals surface area contributed by atoms with Crippen LogP contribution in [0.2, 0.25) is 5.02 Å². The van der Waals surface area contributed by atoms with Crippen LogP contribution in [0.25, 0.3) is 16.7 Å². The van der Waals surface area contributed by atoms with Crippen LogP contribution >= 0.6 is 11.6 Å². The predicted octanol–water partition coefficient (Wildman–Crippen LogP) is 6.86. The lowest BCUT2D eigenvalue weighted by Crippen LogP contribution is -2.38. The van der Waals surface area contributed by atoms with Crippen molar-refractivity contribution < 1.29 is 18.8 Å². The summed E-state index contributed by atoms with van der Waals surface area (Å²) in [6, 6.07) is 14.0. The maximum absolute atomic E-state index is 15.1. The molecule has 6 nitrogen and oxygen atoms in total. The minimum absolute atomic E-state index is 0.0414. The fourth-order valence-electron chi connectivity index (χ4n) is 5.43. The molecule has 0 saturated carbocycles. The molecule has 8 heteroatoms. The number of amides is 2. The van der Waals surface area contributed by atoms with Gasteiger partial charge in [-0.25, -0.2) is 4.39 Å². The average Bonchev–Trinajstić information content (AvgIpc) is 2.92. The first-order valence-corrected chi connectivity index (χ1v) is 13.5. The summed E-state index contributed by atoms with van der Waals surface area (Å²) in [5, 5.41) is 2.97. The van der Waals surface area contributed by atoms with E-state index in [0.29, 0.717) is 37.8 Å². The van der Waals surface area contributed by atoms with Crippen LogP contribution in [0.4, 0.5) is 10.1 Å². The lowest BCUT2D eigenvalue weighted by molar-refractivity contribution is -0.129. The van der Waals surface area contributed by atoms with E-state index < -0.39 is 5.82 Å². The van der Waals surface area contributed by atoms with Crippen LogP contribution in [-0.2, 0) is 9.59 Å². The highest BCUT2D eigenvalue weighted by molar-refractivity contribution is 6.31. The number of carbonyl (C=O) groups is 3. The van der Waals surface area contributed by atoms with Crippen LogP contribution in [0.15, 0.2) is 60.8 Å². The van der Waals surface area contributed by atoms with Gasteiger partial charge < -0.3 is 10.2 Å². The highest BCUT2D eigenvalue weighted by Crippen LogP contribution is 2.37. The summed E-state index contributed by atoms with van der Waals surface area (Å²) in [4.78, 5) is 45.1. The summed E-state index contributed by atoms with van der Waals surface area (Å²) in [5.74, 6) is -1.51. The number of aromatic nitrogens is 1. The number of carbonyl (C=O) groups excluding carboxylic acids is 3. The molecule has 1 N–H and O–H groups in total. The number of fused-ring (bicyclic) bond motifs is 4. The number of nitrogens with zero attached hydrogens (tertiary/aromatic N) is 2. The number of rotatable bonds is 3. The number of hydrogen-bond acceptors (Lipinski definition) is 4. The maximum Gasteiger partial charge on any atom is 0.247 e. The molecule has 3 heterocycles. The number of anilines is 1. The van der Waals surface area contributed by atoms with E-state index >= 15 is 4.39 Å². The molecule has 0 aliphatic carbocycles. The summed E-state index contributed by atoms with van der Waals surface area (Å²) in [6.07, 6.45) is 5.49. The van der Waals surface area contributed by atoms with Gasteiger partial charge in [-0.1, -0.05) is 43.1 Å². The molecule has 2 atom stereocenters. The number of hydrogen-bond donors (Lipinski definition) is 1. The Balaban J connectivity index is 1.54. The summed E-state index contributed by atoms with van der Waals surface area (Å²) in [7, 11) is 0. The van der Waals surface area contributed by atoms with Gasteiger partial charge in [-0.2, -0.15) is 0 Å². The third kappa shape index (κ3) is 5.36. The zero-order valence-corrected chi connectivity index (χ0v) is 22.6. The van der Waals surface area contributed by atoms with E-state index in [2.05, 4.69) is 10.3 Å². The minimum Gasteiger partial charge on any atom is -0.330 e. The summed E-state index contributed by atoms with van der Waals surface area (Å²) in [5.41, 5.74) is 4.01. The van der Waals surface area contributed by atoms with E-state index in [1.54, 1.807) is 11.1 Å². The van der Waals surface area contributed by atoms with Gasteiger partial charge in [-0.3, -0.25) is 19.4 Å². The largest absolute Gasteiger partial charge is 0.330 e. The zero-order chi connectivity index (χ0) is 27.7. The van der Waals surface area contributed by atoms with Crippen LogP contribution in [-0.4, -0.2) is 34.0 Å². The van der Waals surface area contributed by atoms with E-state index in [1.165, 1.54) is 25.1 Å². The molecule has 0 saturated heterocycles. The van der Waals surface area contributed by atoms with Crippen molar-refractivity contribution >= 4 is 40.5 Å². The summed E-state index contributed by atoms with van der Waals surface area (Å²) >= 11 is 6.03. The molecule has 1 unspecified atom stereocenters. The molecule has 5 rings (SSSR count). The van der Waals surface area contributed by atoms with Gasteiger partial charge >= 0.3 is 0 Å². The van der Waals surface area contributed by atoms with E-state index in [1.807, 2.05) is 43.3 Å². The Bertz CT molecular complexity index is 1500. The topological polar surface area (TPSA) is 79.4 Å². The first kappa shape index (κ1) is 26.8. The van der Waals surface area contributed by atoms with E-state index in [9.17, 15) is 14.4 Å². The first-order valence-electron chi connectivity index (χ1n) is 13.1. The summed E-state index contributed by atoms with van der Waals surface area (Å²) in [6.45, 7) is 3.60. The number of pyridine rings is 1. The molecule has 2 aliphatic heterocycles. The number of benzene rings is 2. The lowest BCUT2D eigenvalue weighted by Gasteiger charge is -2.35. The second-order valence-corrected chi connectivity index (χ2v) is 10.6. The Labute approximate surface area is 231 Å².